The first-order valence-corrected chi connectivity index (χ1v) is 8.72. The molecule has 2 aromatic rings. The summed E-state index contributed by atoms with van der Waals surface area (Å²) >= 11 is 0. The summed E-state index contributed by atoms with van der Waals surface area (Å²) in [6.45, 7) is 3.79. The van der Waals surface area contributed by atoms with Gasteiger partial charge in [0.15, 0.2) is 0 Å². The second kappa shape index (κ2) is 8.42. The fourth-order valence-electron chi connectivity index (χ4n) is 3.05. The molecular weight excluding hydrogens is 314 g/mol. The number of piperazine rings is 1. The summed E-state index contributed by atoms with van der Waals surface area (Å²) in [6, 6.07) is 18.3. The Morgan fingerprint density at radius 2 is 1.80 bits per heavy atom. The number of hydrogen-bond donors (Lipinski definition) is 1. The largest absolute Gasteiger partial charge is 0.497 e. The van der Waals surface area contributed by atoms with Gasteiger partial charge in [0, 0.05) is 44.5 Å². The summed E-state index contributed by atoms with van der Waals surface area (Å²) in [4.78, 5) is 16.5. The number of methoxy groups -OCH3 is 1. The lowest BCUT2D eigenvalue weighted by atomic mass is 10.1. The van der Waals surface area contributed by atoms with Crippen LogP contribution in [0.1, 0.15) is 5.56 Å². The average molecular weight is 339 g/mol. The second-order valence-corrected chi connectivity index (χ2v) is 6.14. The predicted octanol–water partition coefficient (Wildman–Crippen LogP) is 2.77. The van der Waals surface area contributed by atoms with E-state index in [1.165, 1.54) is 5.56 Å². The van der Waals surface area contributed by atoms with E-state index in [-0.39, 0.29) is 6.03 Å². The van der Waals surface area contributed by atoms with Gasteiger partial charge in [0.2, 0.25) is 0 Å². The van der Waals surface area contributed by atoms with Crippen molar-refractivity contribution in [2.24, 2.45) is 0 Å². The number of carbonyl (C=O) groups is 1. The summed E-state index contributed by atoms with van der Waals surface area (Å²) in [6.07, 6.45) is 0.857. The number of nitrogens with one attached hydrogen (secondary N) is 1. The minimum atomic E-state index is 0.0289. The third-order valence-electron chi connectivity index (χ3n) is 4.52. The Kier molecular flexibility index (Phi) is 5.77. The van der Waals surface area contributed by atoms with Crippen LogP contribution in [0.4, 0.5) is 10.5 Å². The molecule has 0 atom stereocenters. The van der Waals surface area contributed by atoms with Crippen LogP contribution in [-0.2, 0) is 6.42 Å². The van der Waals surface area contributed by atoms with Crippen LogP contribution in [0.5, 0.6) is 5.75 Å². The number of anilines is 1. The van der Waals surface area contributed by atoms with E-state index >= 15 is 0 Å². The topological polar surface area (TPSA) is 44.8 Å². The molecule has 1 N–H and O–H groups in total. The highest BCUT2D eigenvalue weighted by Gasteiger charge is 2.21. The number of urea groups is 1. The van der Waals surface area contributed by atoms with Crippen molar-refractivity contribution in [2.75, 3.05) is 44.7 Å². The maximum absolute atomic E-state index is 12.3. The molecule has 2 amide bonds. The molecule has 1 fully saturated rings. The molecular formula is C20H25N3O2. The lowest BCUT2D eigenvalue weighted by Crippen LogP contribution is -2.52. The highest BCUT2D eigenvalue weighted by Crippen LogP contribution is 2.22. The molecule has 1 heterocycles. The number of ether oxygens (including phenoxy) is 1. The van der Waals surface area contributed by atoms with Gasteiger partial charge in [-0.25, -0.2) is 4.79 Å². The van der Waals surface area contributed by atoms with E-state index in [1.807, 2.05) is 41.3 Å². The predicted molar refractivity (Wildman–Crippen MR) is 100 cm³/mol. The highest BCUT2D eigenvalue weighted by atomic mass is 16.5. The second-order valence-electron chi connectivity index (χ2n) is 6.14. The van der Waals surface area contributed by atoms with Gasteiger partial charge in [-0.2, -0.15) is 0 Å². The van der Waals surface area contributed by atoms with Crippen molar-refractivity contribution in [3.05, 3.63) is 60.2 Å². The molecule has 0 unspecified atom stereocenters. The minimum Gasteiger partial charge on any atom is -0.497 e. The third kappa shape index (κ3) is 4.66. The van der Waals surface area contributed by atoms with Crippen LogP contribution in [0.25, 0.3) is 0 Å². The van der Waals surface area contributed by atoms with Crippen LogP contribution < -0.4 is 15.0 Å². The van der Waals surface area contributed by atoms with Crippen molar-refractivity contribution < 1.29 is 9.53 Å². The van der Waals surface area contributed by atoms with Crippen LogP contribution in [0, 0.1) is 0 Å². The van der Waals surface area contributed by atoms with Crippen LogP contribution >= 0.6 is 0 Å². The van der Waals surface area contributed by atoms with E-state index in [0.29, 0.717) is 6.54 Å². The lowest BCUT2D eigenvalue weighted by Gasteiger charge is -2.36. The standard InChI is InChI=1S/C20H25N3O2/c1-25-19-9-5-8-18(16-19)22-12-14-23(15-13-22)20(24)21-11-10-17-6-3-2-4-7-17/h2-9,16H,10-15H2,1H3,(H,21,24). The Morgan fingerprint density at radius 1 is 1.04 bits per heavy atom. The SMILES string of the molecule is COc1cccc(N2CCN(C(=O)NCCc3ccccc3)CC2)c1. The first kappa shape index (κ1) is 17.1. The summed E-state index contributed by atoms with van der Waals surface area (Å²) < 4.78 is 5.28. The quantitative estimate of drug-likeness (QED) is 0.911. The normalized spacial score (nSPS) is 14.3. The monoisotopic (exact) mass is 339 g/mol. The molecule has 0 aromatic heterocycles. The number of benzene rings is 2. The van der Waals surface area contributed by atoms with E-state index in [1.54, 1.807) is 7.11 Å². The molecule has 5 nitrogen and oxygen atoms in total. The minimum absolute atomic E-state index is 0.0289. The Balaban J connectivity index is 1.44. The molecule has 0 spiro atoms. The van der Waals surface area contributed by atoms with Crippen molar-refractivity contribution in [3.8, 4) is 5.75 Å². The number of amides is 2. The maximum Gasteiger partial charge on any atom is 0.317 e. The summed E-state index contributed by atoms with van der Waals surface area (Å²) in [5.41, 5.74) is 2.38. The summed E-state index contributed by atoms with van der Waals surface area (Å²) in [5, 5.41) is 3.02. The van der Waals surface area contributed by atoms with Crippen molar-refractivity contribution >= 4 is 11.7 Å². The fourth-order valence-corrected chi connectivity index (χ4v) is 3.05. The number of hydrogen-bond acceptors (Lipinski definition) is 3. The van der Waals surface area contributed by atoms with Gasteiger partial charge >= 0.3 is 6.03 Å². The molecule has 1 saturated heterocycles. The van der Waals surface area contributed by atoms with Crippen LogP contribution in [0.3, 0.4) is 0 Å². The van der Waals surface area contributed by atoms with Gasteiger partial charge in [0.25, 0.3) is 0 Å². The van der Waals surface area contributed by atoms with Crippen molar-refractivity contribution in [2.45, 2.75) is 6.42 Å². The zero-order valence-corrected chi connectivity index (χ0v) is 14.6. The van der Waals surface area contributed by atoms with Gasteiger partial charge in [0.05, 0.1) is 7.11 Å². The number of carbonyl (C=O) groups excluding carboxylic acids is 1. The molecule has 0 saturated carbocycles. The fraction of sp³-hybridized carbons (Fsp3) is 0.350. The first-order valence-electron chi connectivity index (χ1n) is 8.72. The number of rotatable bonds is 5. The summed E-state index contributed by atoms with van der Waals surface area (Å²) in [5.74, 6) is 0.860. The zero-order chi connectivity index (χ0) is 17.5. The molecule has 5 heteroatoms. The van der Waals surface area contributed by atoms with Gasteiger partial charge in [-0.1, -0.05) is 36.4 Å². The first-order chi connectivity index (χ1) is 12.3. The molecule has 0 aliphatic carbocycles. The van der Waals surface area contributed by atoms with E-state index in [4.69, 9.17) is 4.74 Å². The third-order valence-corrected chi connectivity index (χ3v) is 4.52. The molecule has 25 heavy (non-hydrogen) atoms. The molecule has 0 bridgehead atoms. The zero-order valence-electron chi connectivity index (χ0n) is 14.6. The molecule has 0 radical (unpaired) electrons. The van der Waals surface area contributed by atoms with Crippen molar-refractivity contribution in [1.29, 1.82) is 0 Å². The molecule has 132 valence electrons. The smallest absolute Gasteiger partial charge is 0.317 e. The summed E-state index contributed by atoms with van der Waals surface area (Å²) in [7, 11) is 1.68. The Labute approximate surface area is 149 Å². The lowest BCUT2D eigenvalue weighted by molar-refractivity contribution is 0.194. The van der Waals surface area contributed by atoms with Crippen molar-refractivity contribution in [1.82, 2.24) is 10.2 Å². The van der Waals surface area contributed by atoms with E-state index in [9.17, 15) is 4.79 Å². The van der Waals surface area contributed by atoms with E-state index in [0.717, 1.165) is 44.0 Å². The van der Waals surface area contributed by atoms with Crippen LogP contribution in [0.15, 0.2) is 54.6 Å². The maximum atomic E-state index is 12.3. The van der Waals surface area contributed by atoms with Crippen LogP contribution in [-0.4, -0.2) is 50.8 Å². The average Bonchev–Trinajstić information content (AvgIpc) is 2.69. The Hall–Kier alpha value is -2.69. The van der Waals surface area contributed by atoms with E-state index < -0.39 is 0 Å². The highest BCUT2D eigenvalue weighted by molar-refractivity contribution is 5.74. The van der Waals surface area contributed by atoms with Gasteiger partial charge in [0.1, 0.15) is 5.75 Å². The molecule has 3 rings (SSSR count). The Bertz CT molecular complexity index is 682. The molecule has 1 aliphatic rings. The van der Waals surface area contributed by atoms with Gasteiger partial charge < -0.3 is 19.9 Å². The van der Waals surface area contributed by atoms with E-state index in [2.05, 4.69) is 28.4 Å². The van der Waals surface area contributed by atoms with Gasteiger partial charge in [-0.05, 0) is 24.1 Å². The Morgan fingerprint density at radius 3 is 2.52 bits per heavy atom. The molecule has 2 aromatic carbocycles. The van der Waals surface area contributed by atoms with Crippen molar-refractivity contribution in [3.63, 3.8) is 0 Å². The van der Waals surface area contributed by atoms with Crippen LogP contribution in [0.2, 0.25) is 0 Å². The molecule has 1 aliphatic heterocycles. The van der Waals surface area contributed by atoms with Gasteiger partial charge in [-0.15, -0.1) is 0 Å². The number of nitrogens with zero attached hydrogens (tertiary/aromatic N) is 2. The van der Waals surface area contributed by atoms with Gasteiger partial charge in [-0.3, -0.25) is 0 Å².